The third kappa shape index (κ3) is 9.59. The molecule has 2 heterocycles. The van der Waals surface area contributed by atoms with Gasteiger partial charge in [0, 0.05) is 0 Å². The molecule has 0 atom stereocenters. The van der Waals surface area contributed by atoms with Crippen LogP contribution in [0.5, 0.6) is 0 Å². The van der Waals surface area contributed by atoms with Crippen molar-refractivity contribution in [2.75, 3.05) is 0 Å². The molecule has 0 aliphatic carbocycles. The molecule has 0 amide bonds. The molecule has 0 radical (unpaired) electrons. The van der Waals surface area contributed by atoms with Crippen molar-refractivity contribution in [1.29, 1.82) is 0 Å². The zero-order valence-electron chi connectivity index (χ0n) is 6.44. The highest BCUT2D eigenvalue weighted by Gasteiger charge is 1.57. The Labute approximate surface area is 72.6 Å². The second kappa shape index (κ2) is 9.59. The van der Waals surface area contributed by atoms with E-state index < -0.39 is 0 Å². The molecular weight excluding hydrogens is 174 g/mol. The molecule has 68 valence electrons. The van der Waals surface area contributed by atoms with E-state index in [0.717, 1.165) is 0 Å². The van der Waals surface area contributed by atoms with Crippen LogP contribution in [0.2, 0.25) is 0 Å². The Balaban J connectivity index is 0.000000174. The molecule has 2 rings (SSSR count). The molecule has 0 saturated carbocycles. The highest BCUT2D eigenvalue weighted by molar-refractivity contribution is 4.55. The lowest BCUT2D eigenvalue weighted by atomic mass is 11.0. The van der Waals surface area contributed by atoms with Gasteiger partial charge in [0.15, 0.2) is 0 Å². The van der Waals surface area contributed by atoms with E-state index in [-0.39, 0.29) is 0 Å². The van der Waals surface area contributed by atoms with E-state index in [1.807, 2.05) is 0 Å². The number of rotatable bonds is 0. The Hall–Kier alpha value is -2.41. The van der Waals surface area contributed by atoms with E-state index in [4.69, 9.17) is 11.1 Å². The second-order valence-electron chi connectivity index (χ2n) is 1.40. The van der Waals surface area contributed by atoms with E-state index >= 15 is 0 Å². The molecule has 9 heteroatoms. The summed E-state index contributed by atoms with van der Waals surface area (Å²) >= 11 is 0. The number of hydrogen-bond donors (Lipinski definition) is 2. The molecule has 0 aliphatic rings. The Morgan fingerprint density at radius 2 is 1.00 bits per heavy atom. The smallest absolute Gasteiger partial charge is 0.0690 e. The first-order chi connectivity index (χ1) is 6.41. The second-order valence-corrected chi connectivity index (χ2v) is 1.40. The molecule has 13 heavy (non-hydrogen) atoms. The Morgan fingerprint density at radius 1 is 0.769 bits per heavy atom. The third-order valence-electron chi connectivity index (χ3n) is 0.662. The van der Waals surface area contributed by atoms with Crippen molar-refractivity contribution >= 4 is 0 Å². The summed E-state index contributed by atoms with van der Waals surface area (Å²) in [5.41, 5.74) is 13.5. The van der Waals surface area contributed by atoms with Gasteiger partial charge in [-0.05, 0) is 0 Å². The van der Waals surface area contributed by atoms with Gasteiger partial charge in [-0.25, -0.2) is 0 Å². The summed E-state index contributed by atoms with van der Waals surface area (Å²) in [5, 5.41) is 18.7. The van der Waals surface area contributed by atoms with Crippen LogP contribution in [0.4, 0.5) is 0 Å². The van der Waals surface area contributed by atoms with Crippen molar-refractivity contribution in [3.8, 4) is 0 Å². The lowest BCUT2D eigenvalue weighted by molar-refractivity contribution is 0.940. The summed E-state index contributed by atoms with van der Waals surface area (Å²) in [7, 11) is 0. The van der Waals surface area contributed by atoms with Gasteiger partial charge in [0.05, 0.1) is 24.8 Å². The normalized spacial score (nSPS) is 6.77. The molecule has 0 aliphatic heterocycles. The number of aromatic nitrogens is 6. The van der Waals surface area contributed by atoms with Crippen LogP contribution in [0.25, 0.3) is 16.0 Å². The van der Waals surface area contributed by atoms with Crippen molar-refractivity contribution in [3.05, 3.63) is 40.8 Å². The minimum absolute atomic E-state index is 1.50. The average molecular weight is 180 g/mol. The van der Waals surface area contributed by atoms with Crippen LogP contribution in [0.15, 0.2) is 24.8 Å². The van der Waals surface area contributed by atoms with Crippen molar-refractivity contribution in [2.24, 2.45) is 0 Å². The van der Waals surface area contributed by atoms with E-state index in [0.29, 0.717) is 0 Å². The summed E-state index contributed by atoms with van der Waals surface area (Å²) < 4.78 is 0. The van der Waals surface area contributed by atoms with Crippen molar-refractivity contribution in [3.63, 3.8) is 0 Å². The average Bonchev–Trinajstić information content (AvgIpc) is 2.85. The topological polar surface area (TPSA) is 142 Å². The first-order valence-electron chi connectivity index (χ1n) is 2.99. The fourth-order valence-corrected chi connectivity index (χ4v) is 0.333. The van der Waals surface area contributed by atoms with Gasteiger partial charge in [-0.1, -0.05) is 0 Å². The molecule has 0 unspecified atom stereocenters. The zero-order valence-corrected chi connectivity index (χ0v) is 6.44. The first kappa shape index (κ1) is 10.6. The molecule has 0 spiro atoms. The van der Waals surface area contributed by atoms with Gasteiger partial charge in [0.1, 0.15) is 0 Å². The monoisotopic (exact) mass is 180 g/mol. The minimum atomic E-state index is 1.50. The molecule has 0 fully saturated rings. The van der Waals surface area contributed by atoms with Gasteiger partial charge in [0.2, 0.25) is 0 Å². The molecule has 2 aromatic heterocycles. The predicted octanol–water partition coefficient (Wildman–Crippen LogP) is 0.475. The van der Waals surface area contributed by atoms with Crippen LogP contribution in [-0.4, -0.2) is 30.8 Å². The van der Waals surface area contributed by atoms with E-state index in [1.165, 1.54) is 4.91 Å². The van der Waals surface area contributed by atoms with Gasteiger partial charge >= 0.3 is 0 Å². The Bertz CT molecular complexity index is 217. The summed E-state index contributed by atoms with van der Waals surface area (Å²) in [6.07, 6.45) is 6.33. The molecular formula is C4H6N9-. The fourth-order valence-electron chi connectivity index (χ4n) is 0.333. The number of hydrogen-bond acceptors (Lipinski definition) is 4. The van der Waals surface area contributed by atoms with Crippen molar-refractivity contribution < 1.29 is 0 Å². The number of nitrogens with one attached hydrogen (secondary N) is 2. The van der Waals surface area contributed by atoms with Gasteiger partial charge in [-0.3, -0.25) is 4.91 Å². The minimum Gasteiger partial charge on any atom is -0.373 e. The van der Waals surface area contributed by atoms with Crippen molar-refractivity contribution in [2.45, 2.75) is 0 Å². The van der Waals surface area contributed by atoms with Crippen LogP contribution in [-0.2, 0) is 0 Å². The van der Waals surface area contributed by atoms with Crippen LogP contribution < -0.4 is 0 Å². The number of aromatic amines is 2. The lowest BCUT2D eigenvalue weighted by Gasteiger charge is -1.48. The molecule has 0 saturated heterocycles. The quantitative estimate of drug-likeness (QED) is 0.345. The van der Waals surface area contributed by atoms with E-state index in [9.17, 15) is 0 Å². The van der Waals surface area contributed by atoms with Gasteiger partial charge in [-0.2, -0.15) is 30.8 Å². The Morgan fingerprint density at radius 3 is 1.08 bits per heavy atom. The maximum atomic E-state index is 6.75. The maximum Gasteiger partial charge on any atom is 0.0690 e. The number of H-pyrrole nitrogens is 2. The van der Waals surface area contributed by atoms with Gasteiger partial charge in [0.25, 0.3) is 0 Å². The first-order valence-corrected chi connectivity index (χ1v) is 2.99. The van der Waals surface area contributed by atoms with Gasteiger partial charge in [-0.15, -0.1) is 0 Å². The van der Waals surface area contributed by atoms with Crippen LogP contribution >= 0.6 is 0 Å². The van der Waals surface area contributed by atoms with Crippen LogP contribution in [0.3, 0.4) is 0 Å². The summed E-state index contributed by atoms with van der Waals surface area (Å²) in [5.74, 6) is 0. The van der Waals surface area contributed by atoms with Crippen LogP contribution in [0, 0.1) is 0 Å². The summed E-state index contributed by atoms with van der Waals surface area (Å²) in [6.45, 7) is 0. The van der Waals surface area contributed by atoms with E-state index in [1.54, 1.807) is 24.8 Å². The molecule has 2 N–H and O–H groups in total. The maximum absolute atomic E-state index is 6.75. The number of nitrogens with zero attached hydrogens (tertiary/aromatic N) is 7. The highest BCUT2D eigenvalue weighted by Crippen LogP contribution is 1.56. The summed E-state index contributed by atoms with van der Waals surface area (Å²) in [6, 6.07) is 0. The lowest BCUT2D eigenvalue weighted by Crippen LogP contribution is -1.61. The van der Waals surface area contributed by atoms with Gasteiger partial charge < -0.3 is 11.1 Å². The molecule has 9 nitrogen and oxygen atoms in total. The fraction of sp³-hybridized carbons (Fsp3) is 0. The predicted molar refractivity (Wildman–Crippen MR) is 42.8 cm³/mol. The largest absolute Gasteiger partial charge is 0.373 e. The van der Waals surface area contributed by atoms with E-state index in [2.05, 4.69) is 30.8 Å². The zero-order chi connectivity index (χ0) is 9.78. The van der Waals surface area contributed by atoms with Crippen LogP contribution in [0.1, 0.15) is 0 Å². The highest BCUT2D eigenvalue weighted by atomic mass is 15.3. The molecule has 0 aromatic carbocycles. The third-order valence-corrected chi connectivity index (χ3v) is 0.662. The molecule has 2 aromatic rings. The Kier molecular flexibility index (Phi) is 7.81. The SMILES string of the molecule is [N-]=[N+]=[N-].c1cn[nH]n1.c1cn[nH]n1. The summed E-state index contributed by atoms with van der Waals surface area (Å²) in [4.78, 5) is 1.50. The standard InChI is InChI=1S/2C2H3N3.N3/c2*1-2-4-5-3-1;1-3-2/h2*1-2H,(H,3,4,5);/q;;-1. The molecule has 0 bridgehead atoms. The van der Waals surface area contributed by atoms with Crippen molar-refractivity contribution in [1.82, 2.24) is 30.8 Å².